The Balaban J connectivity index is 1.63. The molecule has 21 heavy (non-hydrogen) atoms. The average molecular weight is 325 g/mol. The van der Waals surface area contributed by atoms with E-state index in [-0.39, 0.29) is 0 Å². The molecule has 3 rings (SSSR count). The molecule has 3 atom stereocenters. The van der Waals surface area contributed by atoms with Crippen LogP contribution in [0.3, 0.4) is 0 Å². The van der Waals surface area contributed by atoms with Crippen molar-refractivity contribution in [2.45, 2.75) is 61.6 Å². The van der Waals surface area contributed by atoms with Gasteiger partial charge in [0.15, 0.2) is 0 Å². The minimum absolute atomic E-state index is 0.561. The van der Waals surface area contributed by atoms with Gasteiger partial charge in [-0.2, -0.15) is 0 Å². The molecule has 2 aliphatic heterocycles. The predicted molar refractivity (Wildman–Crippen MR) is 94.4 cm³/mol. The molecule has 0 spiro atoms. The molecule has 0 aliphatic carbocycles. The average Bonchev–Trinajstić information content (AvgIpc) is 3.08. The third kappa shape index (κ3) is 3.66. The summed E-state index contributed by atoms with van der Waals surface area (Å²) in [4.78, 5) is 2.70. The number of fused-ring (bicyclic) bond motifs is 1. The Morgan fingerprint density at radius 3 is 2.81 bits per heavy atom. The van der Waals surface area contributed by atoms with Crippen LogP contribution < -0.4 is 5.32 Å². The van der Waals surface area contributed by atoms with E-state index in [0.717, 1.165) is 17.7 Å². The second kappa shape index (κ2) is 7.03. The molecule has 1 aromatic rings. The molecule has 3 heterocycles. The van der Waals surface area contributed by atoms with E-state index in [1.165, 1.54) is 36.6 Å². The van der Waals surface area contributed by atoms with Gasteiger partial charge in [0.05, 0.1) is 4.21 Å². The summed E-state index contributed by atoms with van der Waals surface area (Å²) in [5.74, 6) is 0.730. The molecule has 2 unspecified atom stereocenters. The van der Waals surface area contributed by atoms with Crippen molar-refractivity contribution in [3.63, 3.8) is 0 Å². The quantitative estimate of drug-likeness (QED) is 0.865. The highest BCUT2D eigenvalue weighted by Gasteiger charge is 2.29. The number of nitrogens with one attached hydrogen (secondary N) is 1. The first-order chi connectivity index (χ1) is 10.1. The van der Waals surface area contributed by atoms with E-state index >= 15 is 0 Å². The number of nitrogens with zero attached hydrogens (tertiary/aromatic N) is 1. The van der Waals surface area contributed by atoms with Crippen LogP contribution in [-0.4, -0.2) is 35.8 Å². The van der Waals surface area contributed by atoms with Crippen molar-refractivity contribution < 1.29 is 0 Å². The van der Waals surface area contributed by atoms with Gasteiger partial charge in [-0.25, -0.2) is 0 Å². The SMILES string of the molecule is CC(C)C(CNC1C[C@H](C)Sc2sccc21)N1CCCC1. The van der Waals surface area contributed by atoms with Crippen LogP contribution in [0, 0.1) is 5.92 Å². The molecule has 2 aliphatic rings. The minimum atomic E-state index is 0.561. The van der Waals surface area contributed by atoms with E-state index < -0.39 is 0 Å². The third-order valence-electron chi connectivity index (χ3n) is 4.86. The highest BCUT2D eigenvalue weighted by molar-refractivity contribution is 8.01. The zero-order chi connectivity index (χ0) is 14.8. The highest BCUT2D eigenvalue weighted by Crippen LogP contribution is 2.43. The maximum atomic E-state index is 3.90. The Morgan fingerprint density at radius 1 is 1.33 bits per heavy atom. The summed E-state index contributed by atoms with van der Waals surface area (Å²) >= 11 is 3.97. The molecule has 0 bridgehead atoms. The standard InChI is InChI=1S/C17H28N2S2/c1-12(2)16(19-7-4-5-8-19)11-18-15-10-13(3)21-17-14(15)6-9-20-17/h6,9,12-13,15-16,18H,4-5,7-8,10-11H2,1-3H3/t13-,15?,16?/m0/s1. The van der Waals surface area contributed by atoms with Gasteiger partial charge in [-0.05, 0) is 55.3 Å². The number of thiophene rings is 1. The first-order valence-corrected chi connectivity index (χ1v) is 10.1. The zero-order valence-corrected chi connectivity index (χ0v) is 15.1. The van der Waals surface area contributed by atoms with Crippen LogP contribution in [0.4, 0.5) is 0 Å². The number of thioether (sulfide) groups is 1. The summed E-state index contributed by atoms with van der Waals surface area (Å²) in [7, 11) is 0. The van der Waals surface area contributed by atoms with Crippen molar-refractivity contribution >= 4 is 23.1 Å². The Hall–Kier alpha value is -0.0300. The van der Waals surface area contributed by atoms with E-state index in [0.29, 0.717) is 12.1 Å². The lowest BCUT2D eigenvalue weighted by atomic mass is 10.00. The summed E-state index contributed by atoms with van der Waals surface area (Å²) in [5.41, 5.74) is 1.55. The molecule has 1 fully saturated rings. The largest absolute Gasteiger partial charge is 0.308 e. The van der Waals surface area contributed by atoms with Crippen LogP contribution in [-0.2, 0) is 0 Å². The lowest BCUT2D eigenvalue weighted by molar-refractivity contribution is 0.181. The maximum absolute atomic E-state index is 3.90. The fourth-order valence-corrected chi connectivity index (χ4v) is 6.23. The van der Waals surface area contributed by atoms with Crippen molar-refractivity contribution in [1.82, 2.24) is 10.2 Å². The topological polar surface area (TPSA) is 15.3 Å². The van der Waals surface area contributed by atoms with Gasteiger partial charge in [-0.15, -0.1) is 23.1 Å². The summed E-state index contributed by atoms with van der Waals surface area (Å²) in [6, 6.07) is 3.59. The molecule has 0 aromatic carbocycles. The van der Waals surface area contributed by atoms with E-state index in [1.54, 1.807) is 5.56 Å². The van der Waals surface area contributed by atoms with Gasteiger partial charge in [0.1, 0.15) is 0 Å². The van der Waals surface area contributed by atoms with Gasteiger partial charge >= 0.3 is 0 Å². The second-order valence-electron chi connectivity index (χ2n) is 6.84. The molecule has 4 heteroatoms. The predicted octanol–water partition coefficient (Wildman–Crippen LogP) is 4.38. The van der Waals surface area contributed by atoms with Crippen molar-refractivity contribution in [3.8, 4) is 0 Å². The molecule has 0 saturated carbocycles. The first kappa shape index (κ1) is 15.9. The normalized spacial score (nSPS) is 28.0. The Bertz CT molecular complexity index is 451. The van der Waals surface area contributed by atoms with Gasteiger partial charge in [-0.3, -0.25) is 4.90 Å². The van der Waals surface area contributed by atoms with E-state index in [4.69, 9.17) is 0 Å². The molecule has 2 nitrogen and oxygen atoms in total. The van der Waals surface area contributed by atoms with E-state index in [1.807, 2.05) is 11.3 Å². The van der Waals surface area contributed by atoms with Gasteiger partial charge in [0, 0.05) is 23.9 Å². The fourth-order valence-electron chi connectivity index (χ4n) is 3.67. The molecule has 1 aromatic heterocycles. The number of hydrogen-bond donors (Lipinski definition) is 1. The first-order valence-electron chi connectivity index (χ1n) is 8.36. The summed E-state index contributed by atoms with van der Waals surface area (Å²) < 4.78 is 1.54. The van der Waals surface area contributed by atoms with Crippen LogP contribution in [0.1, 0.15) is 51.6 Å². The molecule has 118 valence electrons. The van der Waals surface area contributed by atoms with Crippen LogP contribution in [0.5, 0.6) is 0 Å². The number of rotatable bonds is 5. The molecule has 1 N–H and O–H groups in total. The monoisotopic (exact) mass is 324 g/mol. The fraction of sp³-hybridized carbons (Fsp3) is 0.765. The van der Waals surface area contributed by atoms with Gasteiger partial charge in [-0.1, -0.05) is 20.8 Å². The van der Waals surface area contributed by atoms with Crippen molar-refractivity contribution in [3.05, 3.63) is 17.0 Å². The van der Waals surface area contributed by atoms with Crippen LogP contribution in [0.2, 0.25) is 0 Å². The molecule has 1 saturated heterocycles. The van der Waals surface area contributed by atoms with Crippen LogP contribution in [0.15, 0.2) is 15.7 Å². The molecule has 0 amide bonds. The van der Waals surface area contributed by atoms with E-state index in [9.17, 15) is 0 Å². The van der Waals surface area contributed by atoms with Gasteiger partial charge in [0.2, 0.25) is 0 Å². The number of likely N-dealkylation sites (tertiary alicyclic amines) is 1. The Kier molecular flexibility index (Phi) is 5.31. The summed E-state index contributed by atoms with van der Waals surface area (Å²) in [6.07, 6.45) is 4.03. The van der Waals surface area contributed by atoms with Gasteiger partial charge in [0.25, 0.3) is 0 Å². The lowest BCUT2D eigenvalue weighted by Gasteiger charge is -2.34. The van der Waals surface area contributed by atoms with Crippen LogP contribution >= 0.6 is 23.1 Å². The van der Waals surface area contributed by atoms with Gasteiger partial charge < -0.3 is 5.32 Å². The van der Waals surface area contributed by atoms with Crippen molar-refractivity contribution in [1.29, 1.82) is 0 Å². The molecule has 0 radical (unpaired) electrons. The van der Waals surface area contributed by atoms with Crippen molar-refractivity contribution in [2.75, 3.05) is 19.6 Å². The summed E-state index contributed by atoms with van der Waals surface area (Å²) in [6.45, 7) is 10.8. The Labute approximate surface area is 137 Å². The molecular formula is C17H28N2S2. The maximum Gasteiger partial charge on any atom is 0.0649 e. The van der Waals surface area contributed by atoms with Crippen molar-refractivity contribution in [2.24, 2.45) is 5.92 Å². The Morgan fingerprint density at radius 2 is 2.10 bits per heavy atom. The smallest absolute Gasteiger partial charge is 0.0649 e. The minimum Gasteiger partial charge on any atom is -0.308 e. The van der Waals surface area contributed by atoms with Crippen LogP contribution in [0.25, 0.3) is 0 Å². The third-order valence-corrected chi connectivity index (χ3v) is 7.21. The molecular weight excluding hydrogens is 296 g/mol. The zero-order valence-electron chi connectivity index (χ0n) is 13.5. The highest BCUT2D eigenvalue weighted by atomic mass is 32.2. The lowest BCUT2D eigenvalue weighted by Crippen LogP contribution is -2.45. The second-order valence-corrected chi connectivity index (χ2v) is 9.47. The summed E-state index contributed by atoms with van der Waals surface area (Å²) in [5, 5.41) is 6.89. The van der Waals surface area contributed by atoms with E-state index in [2.05, 4.69) is 54.2 Å². The number of hydrogen-bond acceptors (Lipinski definition) is 4.